The van der Waals surface area contributed by atoms with Gasteiger partial charge >= 0.3 is 5.97 Å². The van der Waals surface area contributed by atoms with Crippen LogP contribution in [0.25, 0.3) is 11.0 Å². The number of benzene rings is 1. The molecule has 3 rings (SSSR count). The molecule has 1 aromatic carbocycles. The second-order valence-corrected chi connectivity index (χ2v) is 4.62. The highest BCUT2D eigenvalue weighted by molar-refractivity contribution is 6.00. The predicted molar refractivity (Wildman–Crippen MR) is 71.4 cm³/mol. The lowest BCUT2D eigenvalue weighted by Gasteiger charge is -2.13. The van der Waals surface area contributed by atoms with E-state index in [1.165, 1.54) is 0 Å². The summed E-state index contributed by atoms with van der Waals surface area (Å²) in [5.74, 6) is -0.978. The van der Waals surface area contributed by atoms with Crippen molar-refractivity contribution in [2.24, 2.45) is 0 Å². The van der Waals surface area contributed by atoms with Crippen molar-refractivity contribution in [3.8, 4) is 0 Å². The fourth-order valence-corrected chi connectivity index (χ4v) is 2.25. The summed E-state index contributed by atoms with van der Waals surface area (Å²) in [6.07, 6.45) is 5.27. The molecule has 1 atom stereocenters. The van der Waals surface area contributed by atoms with Gasteiger partial charge in [-0.3, -0.25) is 0 Å². The van der Waals surface area contributed by atoms with Gasteiger partial charge in [-0.1, -0.05) is 11.3 Å². The summed E-state index contributed by atoms with van der Waals surface area (Å²) in [5.41, 5.74) is 1.35. The molecular formula is C13H13N5O2. The van der Waals surface area contributed by atoms with E-state index >= 15 is 0 Å². The number of carbonyl (C=O) groups is 1. The van der Waals surface area contributed by atoms with E-state index in [0.717, 1.165) is 0 Å². The van der Waals surface area contributed by atoms with Crippen molar-refractivity contribution >= 4 is 17.0 Å². The number of hydrogen-bond donors (Lipinski definition) is 1. The Morgan fingerprint density at radius 3 is 3.00 bits per heavy atom. The quantitative estimate of drug-likeness (QED) is 0.778. The zero-order valence-electron chi connectivity index (χ0n) is 10.8. The molecule has 7 heteroatoms. The minimum atomic E-state index is -0.978. The van der Waals surface area contributed by atoms with E-state index in [-0.39, 0.29) is 11.6 Å². The number of nitrogens with zero attached hydrogens (tertiary/aromatic N) is 5. The van der Waals surface area contributed by atoms with E-state index in [1.807, 2.05) is 17.7 Å². The van der Waals surface area contributed by atoms with Crippen LogP contribution in [0, 0.1) is 0 Å². The van der Waals surface area contributed by atoms with Crippen molar-refractivity contribution < 1.29 is 9.90 Å². The number of carboxylic acid groups (broad SMARTS) is 1. The van der Waals surface area contributed by atoms with Crippen LogP contribution in [0.5, 0.6) is 0 Å². The highest BCUT2D eigenvalue weighted by Gasteiger charge is 2.18. The second kappa shape index (κ2) is 4.76. The number of imidazole rings is 1. The fourth-order valence-electron chi connectivity index (χ4n) is 2.25. The predicted octanol–water partition coefficient (Wildman–Crippen LogP) is 1.59. The zero-order chi connectivity index (χ0) is 14.1. The molecule has 0 fully saturated rings. The number of para-hydroxylation sites is 1. The third kappa shape index (κ3) is 2.03. The molecule has 0 aliphatic heterocycles. The summed E-state index contributed by atoms with van der Waals surface area (Å²) in [6, 6.07) is 4.96. The lowest BCUT2D eigenvalue weighted by Crippen LogP contribution is -2.15. The second-order valence-electron chi connectivity index (χ2n) is 4.62. The Bertz CT molecular complexity index is 747. The number of aromatic carboxylic acids is 1. The number of rotatable bonds is 4. The van der Waals surface area contributed by atoms with Gasteiger partial charge in [0.05, 0.1) is 17.9 Å². The van der Waals surface area contributed by atoms with Gasteiger partial charge in [0.2, 0.25) is 0 Å². The monoisotopic (exact) mass is 271 g/mol. The molecule has 20 heavy (non-hydrogen) atoms. The Morgan fingerprint density at radius 2 is 2.30 bits per heavy atom. The topological polar surface area (TPSA) is 85.8 Å². The van der Waals surface area contributed by atoms with Crippen LogP contribution in [0.4, 0.5) is 0 Å². The van der Waals surface area contributed by atoms with Crippen molar-refractivity contribution in [3.63, 3.8) is 0 Å². The fraction of sp³-hybridized carbons (Fsp3) is 0.231. The molecular weight excluding hydrogens is 258 g/mol. The Balaban J connectivity index is 2.05. The van der Waals surface area contributed by atoms with Gasteiger partial charge in [0.15, 0.2) is 0 Å². The van der Waals surface area contributed by atoms with Crippen molar-refractivity contribution in [3.05, 3.63) is 42.5 Å². The van der Waals surface area contributed by atoms with E-state index in [9.17, 15) is 9.90 Å². The maximum atomic E-state index is 11.3. The molecule has 0 spiro atoms. The standard InChI is InChI=1S/C13H13N5O2/c1-9(7-17-6-5-14-8-17)18-12-10(13(19)20)3-2-4-11(12)15-16-18/h2-6,8-9H,7H2,1H3,(H,19,20). The van der Waals surface area contributed by atoms with Gasteiger partial charge in [-0.05, 0) is 19.1 Å². The molecule has 1 unspecified atom stereocenters. The lowest BCUT2D eigenvalue weighted by atomic mass is 10.1. The van der Waals surface area contributed by atoms with Crippen molar-refractivity contribution in [2.75, 3.05) is 0 Å². The van der Waals surface area contributed by atoms with E-state index in [0.29, 0.717) is 17.6 Å². The van der Waals surface area contributed by atoms with Crippen molar-refractivity contribution in [2.45, 2.75) is 19.5 Å². The smallest absolute Gasteiger partial charge is 0.337 e. The van der Waals surface area contributed by atoms with Gasteiger partial charge in [0.25, 0.3) is 0 Å². The average Bonchev–Trinajstić information content (AvgIpc) is 3.06. The maximum Gasteiger partial charge on any atom is 0.337 e. The summed E-state index contributed by atoms with van der Waals surface area (Å²) in [4.78, 5) is 15.3. The van der Waals surface area contributed by atoms with E-state index < -0.39 is 5.97 Å². The third-order valence-electron chi connectivity index (χ3n) is 3.17. The Hall–Kier alpha value is -2.70. The van der Waals surface area contributed by atoms with Crippen LogP contribution < -0.4 is 0 Å². The summed E-state index contributed by atoms with van der Waals surface area (Å²) < 4.78 is 3.57. The first kappa shape index (κ1) is 12.3. The van der Waals surface area contributed by atoms with Gasteiger partial charge < -0.3 is 9.67 Å². The summed E-state index contributed by atoms with van der Waals surface area (Å²) in [6.45, 7) is 2.61. The molecule has 3 aromatic rings. The molecule has 1 N–H and O–H groups in total. The molecule has 102 valence electrons. The Morgan fingerprint density at radius 1 is 1.45 bits per heavy atom. The molecule has 2 aromatic heterocycles. The van der Waals surface area contributed by atoms with E-state index in [4.69, 9.17) is 0 Å². The van der Waals surface area contributed by atoms with Gasteiger partial charge in [-0.15, -0.1) is 5.10 Å². The SMILES string of the molecule is CC(Cn1ccnc1)n1nnc2cccc(C(=O)O)c21. The van der Waals surface area contributed by atoms with Gasteiger partial charge in [0.1, 0.15) is 11.0 Å². The van der Waals surface area contributed by atoms with Crippen LogP contribution in [0.15, 0.2) is 36.9 Å². The minimum Gasteiger partial charge on any atom is -0.478 e. The molecule has 0 saturated heterocycles. The van der Waals surface area contributed by atoms with E-state index in [2.05, 4.69) is 15.3 Å². The molecule has 7 nitrogen and oxygen atoms in total. The number of hydrogen-bond acceptors (Lipinski definition) is 4. The largest absolute Gasteiger partial charge is 0.478 e. The molecule has 0 saturated carbocycles. The van der Waals surface area contributed by atoms with Crippen molar-refractivity contribution in [1.29, 1.82) is 0 Å². The number of aromatic nitrogens is 5. The molecule has 2 heterocycles. The third-order valence-corrected chi connectivity index (χ3v) is 3.17. The van der Waals surface area contributed by atoms with Gasteiger partial charge in [-0.25, -0.2) is 14.5 Å². The summed E-state index contributed by atoms with van der Waals surface area (Å²) in [7, 11) is 0. The van der Waals surface area contributed by atoms with Crippen molar-refractivity contribution in [1.82, 2.24) is 24.5 Å². The average molecular weight is 271 g/mol. The van der Waals surface area contributed by atoms with Crippen LogP contribution in [0.2, 0.25) is 0 Å². The minimum absolute atomic E-state index is 0.0327. The van der Waals surface area contributed by atoms with Crippen LogP contribution in [-0.2, 0) is 6.54 Å². The Kier molecular flexibility index (Phi) is 2.94. The maximum absolute atomic E-state index is 11.3. The zero-order valence-corrected chi connectivity index (χ0v) is 10.8. The lowest BCUT2D eigenvalue weighted by molar-refractivity contribution is 0.0698. The number of carboxylic acids is 1. The number of fused-ring (bicyclic) bond motifs is 1. The first-order valence-corrected chi connectivity index (χ1v) is 6.20. The molecule has 0 amide bonds. The van der Waals surface area contributed by atoms with Crippen LogP contribution >= 0.6 is 0 Å². The molecule has 0 bridgehead atoms. The van der Waals surface area contributed by atoms with Gasteiger partial charge in [0, 0.05) is 18.9 Å². The van der Waals surface area contributed by atoms with Crippen LogP contribution in [-0.4, -0.2) is 35.6 Å². The normalized spacial score (nSPS) is 12.7. The van der Waals surface area contributed by atoms with E-state index in [1.54, 1.807) is 35.4 Å². The van der Waals surface area contributed by atoms with Crippen LogP contribution in [0.3, 0.4) is 0 Å². The molecule has 0 aliphatic rings. The summed E-state index contributed by atoms with van der Waals surface area (Å²) >= 11 is 0. The highest BCUT2D eigenvalue weighted by atomic mass is 16.4. The first-order valence-electron chi connectivity index (χ1n) is 6.20. The van der Waals surface area contributed by atoms with Gasteiger partial charge in [-0.2, -0.15) is 0 Å². The molecule has 0 radical (unpaired) electrons. The summed E-state index contributed by atoms with van der Waals surface area (Å²) in [5, 5.41) is 17.4. The highest BCUT2D eigenvalue weighted by Crippen LogP contribution is 2.21. The molecule has 0 aliphatic carbocycles. The van der Waals surface area contributed by atoms with Crippen LogP contribution in [0.1, 0.15) is 23.3 Å². The first-order chi connectivity index (χ1) is 9.66. The Labute approximate surface area is 114 Å².